The smallest absolute Gasteiger partial charge is 0.0835 e. The summed E-state index contributed by atoms with van der Waals surface area (Å²) in [5.41, 5.74) is 3.56. The molecule has 0 atom stereocenters. The molecule has 0 N–H and O–H groups in total. The lowest BCUT2D eigenvalue weighted by Crippen LogP contribution is -2.02. The Bertz CT molecular complexity index is 546. The average molecular weight is 312 g/mol. The van der Waals surface area contributed by atoms with E-state index in [0.29, 0.717) is 5.92 Å². The first kappa shape index (κ1) is 11.3. The lowest BCUT2D eigenvalue weighted by atomic mass is 10.2. The highest BCUT2D eigenvalue weighted by molar-refractivity contribution is 9.08. The molecule has 0 amide bonds. The first-order valence-corrected chi connectivity index (χ1v) is 7.19. The summed E-state index contributed by atoms with van der Waals surface area (Å²) in [6.45, 7) is 0. The molecular weight excluding hydrogens is 300 g/mol. The van der Waals surface area contributed by atoms with E-state index < -0.39 is 0 Å². The highest BCUT2D eigenvalue weighted by Gasteiger charge is 2.30. The second kappa shape index (κ2) is 4.46. The Morgan fingerprint density at radius 1 is 1.35 bits per heavy atom. The molecule has 0 aliphatic heterocycles. The van der Waals surface area contributed by atoms with Gasteiger partial charge in [0.1, 0.15) is 0 Å². The zero-order valence-corrected chi connectivity index (χ0v) is 11.6. The summed E-state index contributed by atoms with van der Waals surface area (Å²) >= 11 is 9.76. The summed E-state index contributed by atoms with van der Waals surface area (Å²) in [4.78, 5) is 0. The molecule has 4 heteroatoms. The van der Waals surface area contributed by atoms with Gasteiger partial charge in [-0.15, -0.1) is 0 Å². The van der Waals surface area contributed by atoms with Crippen molar-refractivity contribution in [1.29, 1.82) is 0 Å². The van der Waals surface area contributed by atoms with Crippen LogP contribution in [0, 0.1) is 0 Å². The molecule has 1 heterocycles. The molecule has 0 saturated heterocycles. The molecule has 17 heavy (non-hydrogen) atoms. The minimum atomic E-state index is 0.654. The second-order valence-electron chi connectivity index (χ2n) is 4.33. The van der Waals surface area contributed by atoms with Crippen molar-refractivity contribution in [3.05, 3.63) is 46.7 Å². The quantitative estimate of drug-likeness (QED) is 0.773. The number of alkyl halides is 1. The summed E-state index contributed by atoms with van der Waals surface area (Å²) in [5, 5.41) is 6.08. The Labute approximate surface area is 114 Å². The third-order valence-electron chi connectivity index (χ3n) is 3.07. The van der Waals surface area contributed by atoms with Crippen molar-refractivity contribution in [3.63, 3.8) is 0 Å². The molecule has 0 unspecified atom stereocenters. The molecule has 1 saturated carbocycles. The fourth-order valence-electron chi connectivity index (χ4n) is 2.10. The second-order valence-corrected chi connectivity index (χ2v) is 5.29. The third kappa shape index (κ3) is 2.02. The summed E-state index contributed by atoms with van der Waals surface area (Å²) in [6, 6.07) is 7.85. The lowest BCUT2D eigenvalue weighted by Gasteiger charge is -2.09. The van der Waals surface area contributed by atoms with Gasteiger partial charge < -0.3 is 0 Å². The van der Waals surface area contributed by atoms with Gasteiger partial charge >= 0.3 is 0 Å². The number of benzene rings is 1. The number of hydrogen-bond acceptors (Lipinski definition) is 1. The maximum absolute atomic E-state index is 6.24. The van der Waals surface area contributed by atoms with Gasteiger partial charge in [0.05, 0.1) is 22.6 Å². The van der Waals surface area contributed by atoms with Gasteiger partial charge in [0.15, 0.2) is 0 Å². The number of aromatic nitrogens is 2. The number of halogens is 2. The van der Waals surface area contributed by atoms with Crippen LogP contribution in [0.2, 0.25) is 5.02 Å². The van der Waals surface area contributed by atoms with Gasteiger partial charge in [-0.2, -0.15) is 5.10 Å². The van der Waals surface area contributed by atoms with Gasteiger partial charge in [-0.25, -0.2) is 4.68 Å². The van der Waals surface area contributed by atoms with Crippen LogP contribution >= 0.6 is 27.5 Å². The number of nitrogens with zero attached hydrogens (tertiary/aromatic N) is 2. The Morgan fingerprint density at radius 3 is 2.76 bits per heavy atom. The molecule has 1 aromatic carbocycles. The molecule has 0 radical (unpaired) electrons. The molecule has 3 rings (SSSR count). The number of para-hydroxylation sites is 1. The van der Waals surface area contributed by atoms with Crippen LogP contribution in [0.4, 0.5) is 0 Å². The van der Waals surface area contributed by atoms with Gasteiger partial charge in [-0.3, -0.25) is 0 Å². The third-order valence-corrected chi connectivity index (χ3v) is 4.00. The Hall–Kier alpha value is -0.800. The van der Waals surface area contributed by atoms with Crippen LogP contribution < -0.4 is 0 Å². The molecule has 0 bridgehead atoms. The lowest BCUT2D eigenvalue weighted by molar-refractivity contribution is 0.805. The van der Waals surface area contributed by atoms with Crippen molar-refractivity contribution in [2.75, 3.05) is 0 Å². The Kier molecular flexibility index (Phi) is 2.97. The van der Waals surface area contributed by atoms with Crippen LogP contribution in [0.15, 0.2) is 30.5 Å². The van der Waals surface area contributed by atoms with E-state index in [0.717, 1.165) is 16.0 Å². The van der Waals surface area contributed by atoms with Gasteiger partial charge in [-0.05, 0) is 25.0 Å². The van der Waals surface area contributed by atoms with Crippen LogP contribution in [0.5, 0.6) is 0 Å². The zero-order chi connectivity index (χ0) is 11.8. The van der Waals surface area contributed by atoms with E-state index in [1.807, 2.05) is 35.1 Å². The fraction of sp³-hybridized carbons (Fsp3) is 0.308. The highest BCUT2D eigenvalue weighted by atomic mass is 79.9. The SMILES string of the molecule is Clc1ccccc1-n1ncc(CBr)c1C1CC1. The normalized spacial score (nSPS) is 15.2. The number of rotatable bonds is 3. The maximum Gasteiger partial charge on any atom is 0.0835 e. The predicted octanol–water partition coefficient (Wildman–Crippen LogP) is 4.30. The van der Waals surface area contributed by atoms with E-state index in [9.17, 15) is 0 Å². The summed E-state index contributed by atoms with van der Waals surface area (Å²) in [6.07, 6.45) is 4.46. The molecule has 1 fully saturated rings. The van der Waals surface area contributed by atoms with Crippen molar-refractivity contribution in [2.45, 2.75) is 24.1 Å². The molecule has 2 aromatic rings. The molecule has 0 spiro atoms. The first-order chi connectivity index (χ1) is 8.31. The molecule has 1 aromatic heterocycles. The zero-order valence-electron chi connectivity index (χ0n) is 9.24. The standard InChI is InChI=1S/C13H12BrClN2/c14-7-10-8-16-17(13(10)9-5-6-9)12-4-2-1-3-11(12)15/h1-4,8-9H,5-7H2. The van der Waals surface area contributed by atoms with Crippen LogP contribution in [0.3, 0.4) is 0 Å². The van der Waals surface area contributed by atoms with Crippen molar-refractivity contribution in [1.82, 2.24) is 9.78 Å². The summed E-state index contributed by atoms with van der Waals surface area (Å²) in [7, 11) is 0. The van der Waals surface area contributed by atoms with Gasteiger partial charge in [0.2, 0.25) is 0 Å². The van der Waals surface area contributed by atoms with E-state index >= 15 is 0 Å². The first-order valence-electron chi connectivity index (χ1n) is 5.69. The van der Waals surface area contributed by atoms with Crippen LogP contribution in [0.25, 0.3) is 5.69 Å². The van der Waals surface area contributed by atoms with Gasteiger partial charge in [-0.1, -0.05) is 39.7 Å². The Balaban J connectivity index is 2.14. The summed E-state index contributed by atoms with van der Waals surface area (Å²) in [5.74, 6) is 0.654. The minimum Gasteiger partial charge on any atom is -0.236 e. The van der Waals surface area contributed by atoms with Crippen LogP contribution in [-0.4, -0.2) is 9.78 Å². The minimum absolute atomic E-state index is 0.654. The van der Waals surface area contributed by atoms with Gasteiger partial charge in [0.25, 0.3) is 0 Å². The van der Waals surface area contributed by atoms with E-state index in [1.54, 1.807) is 0 Å². The van der Waals surface area contributed by atoms with Crippen molar-refractivity contribution >= 4 is 27.5 Å². The van der Waals surface area contributed by atoms with E-state index in [-0.39, 0.29) is 0 Å². The molecule has 2 nitrogen and oxygen atoms in total. The molecule has 88 valence electrons. The average Bonchev–Trinajstić information content (AvgIpc) is 3.10. The Morgan fingerprint density at radius 2 is 2.12 bits per heavy atom. The highest BCUT2D eigenvalue weighted by Crippen LogP contribution is 2.43. The summed E-state index contributed by atoms with van der Waals surface area (Å²) < 4.78 is 2.00. The van der Waals surface area contributed by atoms with Crippen molar-refractivity contribution in [3.8, 4) is 5.69 Å². The van der Waals surface area contributed by atoms with E-state index in [2.05, 4.69) is 21.0 Å². The van der Waals surface area contributed by atoms with Crippen LogP contribution in [-0.2, 0) is 5.33 Å². The van der Waals surface area contributed by atoms with Crippen molar-refractivity contribution in [2.24, 2.45) is 0 Å². The van der Waals surface area contributed by atoms with Crippen LogP contribution in [0.1, 0.15) is 30.0 Å². The van der Waals surface area contributed by atoms with E-state index in [1.165, 1.54) is 24.1 Å². The molecular formula is C13H12BrClN2. The molecule has 1 aliphatic rings. The number of hydrogen-bond donors (Lipinski definition) is 0. The maximum atomic E-state index is 6.24. The van der Waals surface area contributed by atoms with Gasteiger partial charge in [0, 0.05) is 16.8 Å². The molecule has 1 aliphatic carbocycles. The monoisotopic (exact) mass is 310 g/mol. The largest absolute Gasteiger partial charge is 0.236 e. The van der Waals surface area contributed by atoms with Crippen molar-refractivity contribution < 1.29 is 0 Å². The predicted molar refractivity (Wildman–Crippen MR) is 73.2 cm³/mol. The fourth-order valence-corrected chi connectivity index (χ4v) is 2.75. The topological polar surface area (TPSA) is 17.8 Å². The van der Waals surface area contributed by atoms with E-state index in [4.69, 9.17) is 11.6 Å².